The molecule has 1 aliphatic heterocycles. The van der Waals surface area contributed by atoms with Crippen LogP contribution in [0.4, 0.5) is 5.69 Å². The molecule has 0 aromatic heterocycles. The molecule has 3 atom stereocenters. The molecule has 7 heteroatoms. The van der Waals surface area contributed by atoms with E-state index in [0.29, 0.717) is 23.6 Å². The van der Waals surface area contributed by atoms with E-state index in [1.165, 1.54) is 31.4 Å². The molecule has 3 rings (SSSR count). The molecule has 2 fully saturated rings. The van der Waals surface area contributed by atoms with E-state index in [1.54, 1.807) is 6.07 Å². The molecular formula is C17H25NO4S2. The summed E-state index contributed by atoms with van der Waals surface area (Å²) in [6, 6.07) is 4.88. The van der Waals surface area contributed by atoms with E-state index in [2.05, 4.69) is 11.8 Å². The molecule has 3 unspecified atom stereocenters. The average Bonchev–Trinajstić information content (AvgIpc) is 2.82. The minimum absolute atomic E-state index is 0.0547. The highest BCUT2D eigenvalue weighted by Crippen LogP contribution is 2.43. The van der Waals surface area contributed by atoms with Crippen molar-refractivity contribution in [2.45, 2.75) is 48.4 Å². The van der Waals surface area contributed by atoms with Crippen LogP contribution in [0.3, 0.4) is 0 Å². The first-order chi connectivity index (χ1) is 11.1. The zero-order chi connectivity index (χ0) is 17.7. The predicted octanol–water partition coefficient (Wildman–Crippen LogP) is 2.51. The third-order valence-electron chi connectivity index (χ3n) is 5.47. The van der Waals surface area contributed by atoms with Gasteiger partial charge in [0, 0.05) is 25.1 Å². The van der Waals surface area contributed by atoms with Gasteiger partial charge in [0.15, 0.2) is 19.7 Å². The highest BCUT2D eigenvalue weighted by molar-refractivity contribution is 7.91. The number of sulfone groups is 2. The van der Waals surface area contributed by atoms with Gasteiger partial charge in [-0.15, -0.1) is 0 Å². The lowest BCUT2D eigenvalue weighted by molar-refractivity contribution is 0.293. The smallest absolute Gasteiger partial charge is 0.177 e. The summed E-state index contributed by atoms with van der Waals surface area (Å²) >= 11 is 0. The minimum atomic E-state index is -3.52. The SMILES string of the molecule is CC1CN(c2ccc(S(C)(=O)=O)cc2S(C)(=O)=O)C2CCCCC12. The van der Waals surface area contributed by atoms with Gasteiger partial charge in [0.1, 0.15) is 0 Å². The summed E-state index contributed by atoms with van der Waals surface area (Å²) in [4.78, 5) is 2.39. The molecule has 0 amide bonds. The lowest BCUT2D eigenvalue weighted by Crippen LogP contribution is -2.35. The Hall–Kier alpha value is -1.08. The van der Waals surface area contributed by atoms with Crippen molar-refractivity contribution in [1.82, 2.24) is 0 Å². The fraction of sp³-hybridized carbons (Fsp3) is 0.647. The second-order valence-electron chi connectivity index (χ2n) is 7.32. The van der Waals surface area contributed by atoms with Gasteiger partial charge >= 0.3 is 0 Å². The fourth-order valence-electron chi connectivity index (χ4n) is 4.31. The molecular weight excluding hydrogens is 346 g/mol. The molecule has 2 aliphatic rings. The van der Waals surface area contributed by atoms with Gasteiger partial charge in [-0.1, -0.05) is 19.8 Å². The third-order valence-corrected chi connectivity index (χ3v) is 7.70. The molecule has 5 nitrogen and oxygen atoms in total. The van der Waals surface area contributed by atoms with Crippen LogP contribution in [0.25, 0.3) is 0 Å². The van der Waals surface area contributed by atoms with E-state index in [-0.39, 0.29) is 9.79 Å². The molecule has 1 saturated heterocycles. The number of anilines is 1. The number of benzene rings is 1. The monoisotopic (exact) mass is 371 g/mol. The maximum Gasteiger partial charge on any atom is 0.177 e. The predicted molar refractivity (Wildman–Crippen MR) is 94.9 cm³/mol. The van der Waals surface area contributed by atoms with Crippen LogP contribution in [-0.4, -0.2) is 41.9 Å². The average molecular weight is 372 g/mol. The Morgan fingerprint density at radius 1 is 1.00 bits per heavy atom. The number of hydrogen-bond donors (Lipinski definition) is 0. The summed E-state index contributed by atoms with van der Waals surface area (Å²) in [7, 11) is -6.96. The second kappa shape index (κ2) is 6.02. The number of hydrogen-bond acceptors (Lipinski definition) is 5. The van der Waals surface area contributed by atoms with E-state index in [0.717, 1.165) is 25.5 Å². The van der Waals surface area contributed by atoms with Crippen LogP contribution in [0.5, 0.6) is 0 Å². The molecule has 1 aliphatic carbocycles. The van der Waals surface area contributed by atoms with Gasteiger partial charge in [-0.25, -0.2) is 16.8 Å². The van der Waals surface area contributed by atoms with Crippen molar-refractivity contribution in [2.24, 2.45) is 11.8 Å². The van der Waals surface area contributed by atoms with Crippen LogP contribution < -0.4 is 4.90 Å². The van der Waals surface area contributed by atoms with Crippen LogP contribution in [0, 0.1) is 11.8 Å². The number of rotatable bonds is 3. The van der Waals surface area contributed by atoms with E-state index in [9.17, 15) is 16.8 Å². The molecule has 0 radical (unpaired) electrons. The molecule has 1 aromatic rings. The van der Waals surface area contributed by atoms with Gasteiger partial charge in [-0.05, 0) is 42.9 Å². The largest absolute Gasteiger partial charge is 0.367 e. The van der Waals surface area contributed by atoms with E-state index in [4.69, 9.17) is 0 Å². The van der Waals surface area contributed by atoms with E-state index < -0.39 is 19.7 Å². The Morgan fingerprint density at radius 2 is 1.67 bits per heavy atom. The topological polar surface area (TPSA) is 71.5 Å². The molecule has 0 N–H and O–H groups in total. The zero-order valence-electron chi connectivity index (χ0n) is 14.4. The van der Waals surface area contributed by atoms with Crippen LogP contribution in [-0.2, 0) is 19.7 Å². The Morgan fingerprint density at radius 3 is 2.29 bits per heavy atom. The van der Waals surface area contributed by atoms with Gasteiger partial charge in [0.05, 0.1) is 15.5 Å². The summed E-state index contributed by atoms with van der Waals surface area (Å²) in [5, 5.41) is 0. The molecule has 0 spiro atoms. The maximum atomic E-state index is 12.3. The summed E-state index contributed by atoms with van der Waals surface area (Å²) in [5.41, 5.74) is 0.658. The van der Waals surface area contributed by atoms with Crippen molar-refractivity contribution in [3.8, 4) is 0 Å². The van der Waals surface area contributed by atoms with Gasteiger partial charge in [-0.2, -0.15) is 0 Å². The Bertz CT molecular complexity index is 845. The Kier molecular flexibility index (Phi) is 4.45. The Balaban J connectivity index is 2.11. The first-order valence-electron chi connectivity index (χ1n) is 8.40. The van der Waals surface area contributed by atoms with E-state index >= 15 is 0 Å². The molecule has 1 saturated carbocycles. The van der Waals surface area contributed by atoms with Gasteiger partial charge in [0.25, 0.3) is 0 Å². The van der Waals surface area contributed by atoms with Crippen molar-refractivity contribution in [2.75, 3.05) is 24.0 Å². The number of fused-ring (bicyclic) bond motifs is 1. The molecule has 1 aromatic carbocycles. The minimum Gasteiger partial charge on any atom is -0.367 e. The van der Waals surface area contributed by atoms with Crippen LogP contribution in [0.15, 0.2) is 28.0 Å². The molecule has 134 valence electrons. The van der Waals surface area contributed by atoms with Crippen LogP contribution >= 0.6 is 0 Å². The Labute approximate surface area is 144 Å². The zero-order valence-corrected chi connectivity index (χ0v) is 16.0. The summed E-state index contributed by atoms with van der Waals surface area (Å²) < 4.78 is 48.3. The van der Waals surface area contributed by atoms with E-state index in [1.807, 2.05) is 0 Å². The second-order valence-corrected chi connectivity index (χ2v) is 11.3. The lowest BCUT2D eigenvalue weighted by Gasteiger charge is -2.34. The summed E-state index contributed by atoms with van der Waals surface area (Å²) in [6.45, 7) is 3.06. The van der Waals surface area contributed by atoms with Gasteiger partial charge in [-0.3, -0.25) is 0 Å². The molecule has 0 bridgehead atoms. The van der Waals surface area contributed by atoms with Crippen molar-refractivity contribution < 1.29 is 16.8 Å². The van der Waals surface area contributed by atoms with Crippen molar-refractivity contribution in [1.29, 1.82) is 0 Å². The first-order valence-corrected chi connectivity index (χ1v) is 12.2. The first kappa shape index (κ1) is 17.7. The fourth-order valence-corrected chi connectivity index (χ4v) is 5.94. The molecule has 1 heterocycles. The molecule has 24 heavy (non-hydrogen) atoms. The lowest BCUT2D eigenvalue weighted by atomic mass is 9.80. The van der Waals surface area contributed by atoms with Crippen molar-refractivity contribution in [3.63, 3.8) is 0 Å². The van der Waals surface area contributed by atoms with Crippen molar-refractivity contribution in [3.05, 3.63) is 18.2 Å². The maximum absolute atomic E-state index is 12.3. The summed E-state index contributed by atoms with van der Waals surface area (Å²) in [6.07, 6.45) is 6.92. The standard InChI is InChI=1S/C17H25NO4S2/c1-12-11-18(15-7-5-4-6-14(12)15)16-9-8-13(23(2,19)20)10-17(16)24(3,21)22/h8-10,12,14-15H,4-7,11H2,1-3H3. The van der Waals surface area contributed by atoms with Gasteiger partial charge < -0.3 is 4.90 Å². The highest BCUT2D eigenvalue weighted by atomic mass is 32.2. The van der Waals surface area contributed by atoms with Crippen molar-refractivity contribution >= 4 is 25.4 Å². The van der Waals surface area contributed by atoms with Crippen LogP contribution in [0.2, 0.25) is 0 Å². The van der Waals surface area contributed by atoms with Crippen LogP contribution in [0.1, 0.15) is 32.6 Å². The normalized spacial score (nSPS) is 28.0. The summed E-state index contributed by atoms with van der Waals surface area (Å²) in [5.74, 6) is 1.12. The highest BCUT2D eigenvalue weighted by Gasteiger charge is 2.41. The third kappa shape index (κ3) is 3.20. The quantitative estimate of drug-likeness (QED) is 0.816. The van der Waals surface area contributed by atoms with Gasteiger partial charge in [0.2, 0.25) is 0 Å². The number of nitrogens with zero attached hydrogens (tertiary/aromatic N) is 1.